The molecule has 68 valence electrons. The molecule has 0 fully saturated rings. The van der Waals surface area contributed by atoms with Gasteiger partial charge < -0.3 is 0 Å². The van der Waals surface area contributed by atoms with Gasteiger partial charge in [0.25, 0.3) is 0 Å². The average Bonchev–Trinajstić information content (AvgIpc) is 2.09. The van der Waals surface area contributed by atoms with Crippen LogP contribution >= 0.6 is 11.6 Å². The van der Waals surface area contributed by atoms with Crippen molar-refractivity contribution in [3.63, 3.8) is 0 Å². The predicted molar refractivity (Wildman–Crippen MR) is 59.6 cm³/mol. The minimum atomic E-state index is -0.241. The molecule has 0 amide bonds. The largest absolute Gasteiger partial charge is 0.0841 e. The van der Waals surface area contributed by atoms with Crippen LogP contribution in [-0.4, -0.2) is 7.85 Å². The summed E-state index contributed by atoms with van der Waals surface area (Å²) in [6, 6.07) is 5.97. The van der Waals surface area contributed by atoms with Crippen molar-refractivity contribution in [3.8, 4) is 0 Å². The van der Waals surface area contributed by atoms with Gasteiger partial charge in [-0.25, -0.2) is 0 Å². The highest BCUT2D eigenvalue weighted by molar-refractivity contribution is 6.31. The lowest BCUT2D eigenvalue weighted by molar-refractivity contribution is 0.648. The lowest BCUT2D eigenvalue weighted by atomic mass is 9.64. The highest BCUT2D eigenvalue weighted by Crippen LogP contribution is 2.26. The second-order valence-corrected chi connectivity index (χ2v) is 4.14. The fourth-order valence-corrected chi connectivity index (χ4v) is 1.32. The quantitative estimate of drug-likeness (QED) is 0.630. The van der Waals surface area contributed by atoms with E-state index in [4.69, 9.17) is 19.4 Å². The van der Waals surface area contributed by atoms with Gasteiger partial charge in [-0.05, 0) is 23.9 Å². The molecule has 0 spiro atoms. The molecule has 0 saturated carbocycles. The van der Waals surface area contributed by atoms with Gasteiger partial charge in [-0.15, -0.1) is 0 Å². The number of benzene rings is 1. The highest BCUT2D eigenvalue weighted by atomic mass is 35.5. The van der Waals surface area contributed by atoms with Crippen LogP contribution in [0.2, 0.25) is 5.02 Å². The van der Waals surface area contributed by atoms with Crippen LogP contribution in [0.5, 0.6) is 0 Å². The highest BCUT2D eigenvalue weighted by Gasteiger charge is 2.17. The van der Waals surface area contributed by atoms with E-state index in [-0.39, 0.29) is 5.31 Å². The van der Waals surface area contributed by atoms with E-state index >= 15 is 0 Å². The van der Waals surface area contributed by atoms with Gasteiger partial charge in [0.15, 0.2) is 0 Å². The zero-order chi connectivity index (χ0) is 10.1. The van der Waals surface area contributed by atoms with Crippen molar-refractivity contribution >= 4 is 19.4 Å². The topological polar surface area (TPSA) is 0 Å². The minimum Gasteiger partial charge on any atom is -0.0841 e. The number of rotatable bonds is 2. The Labute approximate surface area is 86.7 Å². The first-order valence-corrected chi connectivity index (χ1v) is 4.90. The maximum absolute atomic E-state index is 6.11. The standard InChI is InChI=1S/C11H14BCl/c1-4-11(3,12)9-5-6-10(13)8(2)7-9/h5-7H,4H2,1-3H3. The van der Waals surface area contributed by atoms with Crippen molar-refractivity contribution in [2.75, 3.05) is 0 Å². The molecule has 1 atom stereocenters. The third-order valence-corrected chi connectivity index (χ3v) is 2.98. The van der Waals surface area contributed by atoms with Gasteiger partial charge in [-0.1, -0.05) is 49.6 Å². The third kappa shape index (κ3) is 2.28. The summed E-state index contributed by atoms with van der Waals surface area (Å²) in [5, 5.41) is 0.561. The third-order valence-electron chi connectivity index (χ3n) is 2.55. The first-order chi connectivity index (χ1) is 5.97. The van der Waals surface area contributed by atoms with Crippen molar-refractivity contribution in [2.45, 2.75) is 32.5 Å². The summed E-state index contributed by atoms with van der Waals surface area (Å²) in [6.45, 7) is 6.12. The summed E-state index contributed by atoms with van der Waals surface area (Å²) >= 11 is 5.93. The molecule has 1 rings (SSSR count). The summed E-state index contributed by atoms with van der Waals surface area (Å²) in [7, 11) is 6.11. The predicted octanol–water partition coefficient (Wildman–Crippen LogP) is 3.44. The molecule has 0 aliphatic carbocycles. The first kappa shape index (κ1) is 10.7. The molecule has 13 heavy (non-hydrogen) atoms. The zero-order valence-corrected chi connectivity index (χ0v) is 9.15. The molecule has 0 aliphatic heterocycles. The lowest BCUT2D eigenvalue weighted by Crippen LogP contribution is -2.20. The Hall–Kier alpha value is -0.425. The van der Waals surface area contributed by atoms with Crippen LogP contribution in [0.3, 0.4) is 0 Å². The first-order valence-electron chi connectivity index (χ1n) is 4.53. The van der Waals surface area contributed by atoms with Crippen molar-refractivity contribution < 1.29 is 0 Å². The molecule has 1 aromatic rings. The summed E-state index contributed by atoms with van der Waals surface area (Å²) in [5.74, 6) is 0. The Balaban J connectivity index is 3.10. The van der Waals surface area contributed by atoms with Gasteiger partial charge in [-0.3, -0.25) is 0 Å². The molecular weight excluding hydrogens is 178 g/mol. The van der Waals surface area contributed by atoms with Crippen LogP contribution in [0, 0.1) is 6.92 Å². The molecule has 2 radical (unpaired) electrons. The molecule has 1 aromatic carbocycles. The van der Waals surface area contributed by atoms with Gasteiger partial charge >= 0.3 is 0 Å². The fourth-order valence-electron chi connectivity index (χ4n) is 1.20. The van der Waals surface area contributed by atoms with Gasteiger partial charge in [0.05, 0.1) is 7.85 Å². The molecular formula is C11H14BCl. The van der Waals surface area contributed by atoms with E-state index in [1.54, 1.807) is 0 Å². The molecule has 0 saturated heterocycles. The van der Waals surface area contributed by atoms with Crippen molar-refractivity contribution in [3.05, 3.63) is 34.3 Å². The summed E-state index contributed by atoms with van der Waals surface area (Å²) in [4.78, 5) is 0. The van der Waals surface area contributed by atoms with E-state index in [0.29, 0.717) is 0 Å². The van der Waals surface area contributed by atoms with Crippen LogP contribution in [-0.2, 0) is 5.31 Å². The number of hydrogen-bond acceptors (Lipinski definition) is 0. The van der Waals surface area contributed by atoms with E-state index in [0.717, 1.165) is 22.6 Å². The number of aryl methyl sites for hydroxylation is 1. The number of hydrogen-bond donors (Lipinski definition) is 0. The molecule has 1 unspecified atom stereocenters. The van der Waals surface area contributed by atoms with Crippen molar-refractivity contribution in [1.82, 2.24) is 0 Å². The maximum Gasteiger partial charge on any atom is 0.0806 e. The SMILES string of the molecule is [B]C(C)(CC)c1ccc(Cl)c(C)c1. The van der Waals surface area contributed by atoms with Gasteiger partial charge in [0.2, 0.25) is 0 Å². The van der Waals surface area contributed by atoms with Gasteiger partial charge in [0.1, 0.15) is 0 Å². The van der Waals surface area contributed by atoms with Crippen LogP contribution in [0.15, 0.2) is 18.2 Å². The minimum absolute atomic E-state index is 0.241. The summed E-state index contributed by atoms with van der Waals surface area (Å²) in [6.07, 6.45) is 0.925. The lowest BCUT2D eigenvalue weighted by Gasteiger charge is -2.24. The molecule has 0 heterocycles. The van der Waals surface area contributed by atoms with Crippen molar-refractivity contribution in [2.24, 2.45) is 0 Å². The smallest absolute Gasteiger partial charge is 0.0806 e. The zero-order valence-electron chi connectivity index (χ0n) is 8.39. The van der Waals surface area contributed by atoms with E-state index in [2.05, 4.69) is 13.0 Å². The second-order valence-electron chi connectivity index (χ2n) is 3.73. The molecule has 0 bridgehead atoms. The Kier molecular flexibility index (Phi) is 3.07. The Morgan fingerprint density at radius 2 is 2.08 bits per heavy atom. The summed E-state index contributed by atoms with van der Waals surface area (Å²) < 4.78 is 0. The normalized spacial score (nSPS) is 15.4. The maximum atomic E-state index is 6.11. The Bertz CT molecular complexity index is 305. The van der Waals surface area contributed by atoms with E-state index < -0.39 is 0 Å². The monoisotopic (exact) mass is 192 g/mol. The molecule has 2 heteroatoms. The Morgan fingerprint density at radius 3 is 2.54 bits per heavy atom. The summed E-state index contributed by atoms with van der Waals surface area (Å²) in [5.41, 5.74) is 2.24. The second kappa shape index (κ2) is 3.75. The van der Waals surface area contributed by atoms with Gasteiger partial charge in [-0.2, -0.15) is 0 Å². The van der Waals surface area contributed by atoms with Crippen molar-refractivity contribution in [1.29, 1.82) is 0 Å². The van der Waals surface area contributed by atoms with Crippen LogP contribution < -0.4 is 0 Å². The van der Waals surface area contributed by atoms with E-state index in [1.165, 1.54) is 0 Å². The van der Waals surface area contributed by atoms with Crippen LogP contribution in [0.25, 0.3) is 0 Å². The van der Waals surface area contributed by atoms with E-state index in [1.807, 2.05) is 26.0 Å². The molecule has 0 aromatic heterocycles. The molecule has 0 aliphatic rings. The van der Waals surface area contributed by atoms with Crippen LogP contribution in [0.4, 0.5) is 0 Å². The van der Waals surface area contributed by atoms with E-state index in [9.17, 15) is 0 Å². The molecule has 0 N–H and O–H groups in total. The van der Waals surface area contributed by atoms with Crippen LogP contribution in [0.1, 0.15) is 31.4 Å². The Morgan fingerprint density at radius 1 is 1.46 bits per heavy atom. The fraction of sp³-hybridized carbons (Fsp3) is 0.455. The van der Waals surface area contributed by atoms with Gasteiger partial charge in [0, 0.05) is 5.02 Å². The average molecular weight is 192 g/mol. The molecule has 0 nitrogen and oxygen atoms in total. The number of halogens is 1.